The third-order valence-electron chi connectivity index (χ3n) is 2.95. The van der Waals surface area contributed by atoms with Crippen LogP contribution in [0.2, 0.25) is 0 Å². The summed E-state index contributed by atoms with van der Waals surface area (Å²) in [4.78, 5) is 10.8. The van der Waals surface area contributed by atoms with Crippen molar-refractivity contribution in [1.82, 2.24) is 0 Å². The highest BCUT2D eigenvalue weighted by molar-refractivity contribution is 9.10. The van der Waals surface area contributed by atoms with E-state index < -0.39 is 12.0 Å². The summed E-state index contributed by atoms with van der Waals surface area (Å²) in [5, 5.41) is 8.83. The van der Waals surface area contributed by atoms with Crippen molar-refractivity contribution in [1.29, 1.82) is 0 Å². The minimum atomic E-state index is -0.983. The lowest BCUT2D eigenvalue weighted by Gasteiger charge is -2.17. The second-order valence-electron chi connectivity index (χ2n) is 5.25. The maximum absolute atomic E-state index is 10.8. The lowest BCUT2D eigenvalue weighted by molar-refractivity contribution is -0.138. The molecule has 1 heterocycles. The largest absolute Gasteiger partial charge is 0.486 e. The number of ether oxygens (including phenoxy) is 1. The standard InChI is InChI=1S/C13H16BrNO3/c1-13(2)6-8-3-7(5-10(15)12(16)17)4-9(14)11(8)18-13/h3-4,10H,5-6,15H2,1-2H3,(H,16,17). The van der Waals surface area contributed by atoms with E-state index in [-0.39, 0.29) is 5.60 Å². The molecule has 0 saturated carbocycles. The molecule has 18 heavy (non-hydrogen) atoms. The zero-order valence-electron chi connectivity index (χ0n) is 10.4. The van der Waals surface area contributed by atoms with Crippen LogP contribution in [0.15, 0.2) is 16.6 Å². The molecular weight excluding hydrogens is 298 g/mol. The first kappa shape index (κ1) is 13.4. The van der Waals surface area contributed by atoms with Gasteiger partial charge in [0, 0.05) is 6.42 Å². The number of halogens is 1. The molecule has 98 valence electrons. The number of fused-ring (bicyclic) bond motifs is 1. The van der Waals surface area contributed by atoms with Crippen molar-refractivity contribution >= 4 is 21.9 Å². The highest BCUT2D eigenvalue weighted by atomic mass is 79.9. The van der Waals surface area contributed by atoms with Gasteiger partial charge >= 0.3 is 5.97 Å². The Labute approximate surface area is 114 Å². The summed E-state index contributed by atoms with van der Waals surface area (Å²) < 4.78 is 6.70. The number of benzene rings is 1. The van der Waals surface area contributed by atoms with Gasteiger partial charge in [0.05, 0.1) is 4.47 Å². The lowest BCUT2D eigenvalue weighted by Crippen LogP contribution is -2.32. The van der Waals surface area contributed by atoms with E-state index in [2.05, 4.69) is 15.9 Å². The maximum Gasteiger partial charge on any atom is 0.320 e. The number of carboxylic acid groups (broad SMARTS) is 1. The van der Waals surface area contributed by atoms with Gasteiger partial charge < -0.3 is 15.6 Å². The van der Waals surface area contributed by atoms with E-state index in [1.807, 2.05) is 26.0 Å². The number of carbonyl (C=O) groups is 1. The number of hydrogen-bond acceptors (Lipinski definition) is 3. The van der Waals surface area contributed by atoms with E-state index in [0.29, 0.717) is 6.42 Å². The van der Waals surface area contributed by atoms with Crippen molar-refractivity contribution in [2.24, 2.45) is 5.73 Å². The van der Waals surface area contributed by atoms with Gasteiger partial charge in [-0.2, -0.15) is 0 Å². The fraction of sp³-hybridized carbons (Fsp3) is 0.462. The van der Waals surface area contributed by atoms with Crippen LogP contribution >= 0.6 is 15.9 Å². The molecule has 0 fully saturated rings. The van der Waals surface area contributed by atoms with Gasteiger partial charge in [-0.1, -0.05) is 6.07 Å². The van der Waals surface area contributed by atoms with Crippen molar-refractivity contribution in [2.45, 2.75) is 38.3 Å². The molecule has 0 bridgehead atoms. The SMILES string of the molecule is CC1(C)Cc2cc(CC(N)C(=O)O)cc(Br)c2O1. The number of aliphatic carboxylic acids is 1. The Hall–Kier alpha value is -1.07. The van der Waals surface area contributed by atoms with Gasteiger partial charge in [0.1, 0.15) is 17.4 Å². The highest BCUT2D eigenvalue weighted by Gasteiger charge is 2.32. The predicted octanol–water partition coefficient (Wildman–Crippen LogP) is 2.12. The van der Waals surface area contributed by atoms with Gasteiger partial charge in [-0.05, 0) is 53.4 Å². The minimum Gasteiger partial charge on any atom is -0.486 e. The third-order valence-corrected chi connectivity index (χ3v) is 3.54. The first-order valence-corrected chi connectivity index (χ1v) is 6.56. The van der Waals surface area contributed by atoms with E-state index in [4.69, 9.17) is 15.6 Å². The number of nitrogens with two attached hydrogens (primary N) is 1. The van der Waals surface area contributed by atoms with Crippen LogP contribution in [-0.4, -0.2) is 22.7 Å². The Morgan fingerprint density at radius 2 is 2.28 bits per heavy atom. The summed E-state index contributed by atoms with van der Waals surface area (Å²) in [6.45, 7) is 4.06. The van der Waals surface area contributed by atoms with E-state index in [1.54, 1.807) is 0 Å². The fourth-order valence-electron chi connectivity index (χ4n) is 2.19. The Morgan fingerprint density at radius 1 is 1.61 bits per heavy atom. The average Bonchev–Trinajstić information content (AvgIpc) is 2.53. The minimum absolute atomic E-state index is 0.210. The summed E-state index contributed by atoms with van der Waals surface area (Å²) in [6, 6.07) is 2.99. The van der Waals surface area contributed by atoms with Crippen molar-refractivity contribution in [2.75, 3.05) is 0 Å². The van der Waals surface area contributed by atoms with E-state index in [1.165, 1.54) is 0 Å². The normalized spacial score (nSPS) is 18.0. The molecule has 1 unspecified atom stereocenters. The molecule has 0 saturated heterocycles. The number of rotatable bonds is 3. The van der Waals surface area contributed by atoms with E-state index in [0.717, 1.165) is 27.8 Å². The number of hydrogen-bond donors (Lipinski definition) is 2. The smallest absolute Gasteiger partial charge is 0.320 e. The van der Waals surface area contributed by atoms with Crippen LogP contribution in [0.5, 0.6) is 5.75 Å². The molecule has 0 aromatic heterocycles. The van der Waals surface area contributed by atoms with E-state index in [9.17, 15) is 4.79 Å². The first-order chi connectivity index (χ1) is 8.28. The zero-order valence-corrected chi connectivity index (χ0v) is 12.0. The van der Waals surface area contributed by atoms with Crippen LogP contribution in [0.1, 0.15) is 25.0 Å². The summed E-state index contributed by atoms with van der Waals surface area (Å²) in [5.41, 5.74) is 7.35. The number of carboxylic acids is 1. The molecule has 1 atom stereocenters. The van der Waals surface area contributed by atoms with Crippen molar-refractivity contribution in [3.05, 3.63) is 27.7 Å². The van der Waals surface area contributed by atoms with Crippen LogP contribution < -0.4 is 10.5 Å². The van der Waals surface area contributed by atoms with Crippen LogP contribution in [0.4, 0.5) is 0 Å². The Balaban J connectivity index is 2.27. The molecule has 1 aliphatic heterocycles. The molecule has 5 heteroatoms. The van der Waals surface area contributed by atoms with Gasteiger partial charge in [-0.15, -0.1) is 0 Å². The molecule has 4 nitrogen and oxygen atoms in total. The van der Waals surface area contributed by atoms with Gasteiger partial charge in [0.2, 0.25) is 0 Å². The molecular formula is C13H16BrNO3. The topological polar surface area (TPSA) is 72.6 Å². The zero-order chi connectivity index (χ0) is 13.5. The first-order valence-electron chi connectivity index (χ1n) is 5.77. The van der Waals surface area contributed by atoms with Crippen LogP contribution in [-0.2, 0) is 17.6 Å². The Bertz CT molecular complexity index is 499. The lowest BCUT2D eigenvalue weighted by atomic mass is 9.98. The quantitative estimate of drug-likeness (QED) is 0.896. The molecule has 0 spiro atoms. The summed E-state index contributed by atoms with van der Waals surface area (Å²) in [6.07, 6.45) is 1.14. The average molecular weight is 314 g/mol. The Kier molecular flexibility index (Phi) is 3.38. The maximum atomic E-state index is 10.8. The molecule has 2 rings (SSSR count). The van der Waals surface area contributed by atoms with Crippen LogP contribution in [0, 0.1) is 0 Å². The van der Waals surface area contributed by atoms with Gasteiger partial charge in [-0.3, -0.25) is 4.79 Å². The van der Waals surface area contributed by atoms with Crippen molar-refractivity contribution in [3.63, 3.8) is 0 Å². The van der Waals surface area contributed by atoms with Crippen molar-refractivity contribution in [3.8, 4) is 5.75 Å². The van der Waals surface area contributed by atoms with Crippen LogP contribution in [0.3, 0.4) is 0 Å². The summed E-state index contributed by atoms with van der Waals surface area (Å²) in [7, 11) is 0. The van der Waals surface area contributed by atoms with Gasteiger partial charge in [0.25, 0.3) is 0 Å². The molecule has 1 aliphatic rings. The van der Waals surface area contributed by atoms with Crippen molar-refractivity contribution < 1.29 is 14.6 Å². The van der Waals surface area contributed by atoms with Gasteiger partial charge in [0.15, 0.2) is 0 Å². The van der Waals surface area contributed by atoms with Crippen LogP contribution in [0.25, 0.3) is 0 Å². The van der Waals surface area contributed by atoms with Gasteiger partial charge in [-0.25, -0.2) is 0 Å². The highest BCUT2D eigenvalue weighted by Crippen LogP contribution is 2.41. The fourth-order valence-corrected chi connectivity index (χ4v) is 2.82. The molecule has 1 aromatic carbocycles. The summed E-state index contributed by atoms with van der Waals surface area (Å²) in [5.74, 6) is -0.129. The second-order valence-corrected chi connectivity index (χ2v) is 6.11. The molecule has 0 amide bonds. The molecule has 0 radical (unpaired) electrons. The summed E-state index contributed by atoms with van der Waals surface area (Å²) >= 11 is 3.46. The third kappa shape index (κ3) is 2.67. The monoisotopic (exact) mass is 313 g/mol. The molecule has 0 aliphatic carbocycles. The molecule has 1 aromatic rings. The molecule has 3 N–H and O–H groups in total. The predicted molar refractivity (Wildman–Crippen MR) is 71.9 cm³/mol. The second kappa shape index (κ2) is 4.55. The van der Waals surface area contributed by atoms with E-state index >= 15 is 0 Å². The Morgan fingerprint density at radius 3 is 2.89 bits per heavy atom.